The average molecular weight is 531 g/mol. The van der Waals surface area contributed by atoms with Crippen LogP contribution in [-0.4, -0.2) is 58.6 Å². The zero-order valence-corrected chi connectivity index (χ0v) is 21.7. The molecule has 1 aromatic carbocycles. The molecule has 5 rings (SSSR count). The van der Waals surface area contributed by atoms with Crippen molar-refractivity contribution in [3.8, 4) is 5.75 Å². The van der Waals surface area contributed by atoms with Gasteiger partial charge in [0.25, 0.3) is 0 Å². The van der Waals surface area contributed by atoms with E-state index in [0.29, 0.717) is 5.75 Å². The Morgan fingerprint density at radius 3 is 2.37 bits per heavy atom. The molecule has 0 radical (unpaired) electrons. The maximum atomic E-state index is 17.3. The highest BCUT2D eigenvalue weighted by Gasteiger charge is 2.78. The molecule has 9 heteroatoms. The van der Waals surface area contributed by atoms with Crippen molar-refractivity contribution in [1.29, 1.82) is 0 Å². The molecule has 0 saturated heterocycles. The summed E-state index contributed by atoms with van der Waals surface area (Å²) in [6, 6.07) is 6.01. The molecule has 0 bridgehead atoms. The number of esters is 1. The lowest BCUT2D eigenvalue weighted by molar-refractivity contribution is -0.229. The second kappa shape index (κ2) is 8.46. The monoisotopic (exact) mass is 530 g/mol. The van der Waals surface area contributed by atoms with Crippen LogP contribution in [0.1, 0.15) is 50.4 Å². The van der Waals surface area contributed by atoms with Crippen LogP contribution in [0.3, 0.4) is 0 Å². The number of carboxylic acid groups (broad SMARTS) is 1. The number of alkyl halides is 2. The minimum Gasteiger partial charge on any atom is -0.497 e. The van der Waals surface area contributed by atoms with Gasteiger partial charge in [0.05, 0.1) is 18.8 Å². The van der Waals surface area contributed by atoms with Crippen molar-refractivity contribution in [1.82, 2.24) is 0 Å². The first-order chi connectivity index (χ1) is 17.8. The predicted molar refractivity (Wildman–Crippen MR) is 132 cm³/mol. The maximum absolute atomic E-state index is 17.3. The molecule has 38 heavy (non-hydrogen) atoms. The van der Waals surface area contributed by atoms with Crippen molar-refractivity contribution in [3.05, 3.63) is 53.6 Å². The number of rotatable bonds is 4. The summed E-state index contributed by atoms with van der Waals surface area (Å²) in [5.74, 6) is -4.74. The van der Waals surface area contributed by atoms with Gasteiger partial charge < -0.3 is 19.7 Å². The minimum atomic E-state index is -2.35. The van der Waals surface area contributed by atoms with Crippen LogP contribution in [0, 0.1) is 28.6 Å². The summed E-state index contributed by atoms with van der Waals surface area (Å²) < 4.78 is 43.9. The van der Waals surface area contributed by atoms with E-state index in [4.69, 9.17) is 9.47 Å². The van der Waals surface area contributed by atoms with Crippen molar-refractivity contribution in [3.63, 3.8) is 0 Å². The number of ether oxygens (including phenoxy) is 2. The number of benzene rings is 1. The Kier molecular flexibility index (Phi) is 5.91. The molecule has 0 aromatic heterocycles. The van der Waals surface area contributed by atoms with Gasteiger partial charge in [-0.3, -0.25) is 4.79 Å². The third-order valence-electron chi connectivity index (χ3n) is 10.1. The van der Waals surface area contributed by atoms with Crippen LogP contribution in [0.25, 0.3) is 0 Å². The highest BCUT2D eigenvalue weighted by Crippen LogP contribution is 2.71. The Bertz CT molecular complexity index is 1260. The van der Waals surface area contributed by atoms with Crippen LogP contribution in [0.2, 0.25) is 0 Å². The second-order valence-electron chi connectivity index (χ2n) is 11.7. The molecule has 1 aromatic rings. The van der Waals surface area contributed by atoms with Crippen molar-refractivity contribution in [2.45, 2.75) is 63.6 Å². The number of methoxy groups -OCH3 is 1. The number of carbonyl (C=O) groups excluding carboxylic acids is 2. The number of aliphatic carboxylic acids is 1. The van der Waals surface area contributed by atoms with E-state index in [1.54, 1.807) is 26.0 Å². The van der Waals surface area contributed by atoms with E-state index in [-0.39, 0.29) is 30.4 Å². The smallest absolute Gasteiger partial charge is 0.349 e. The van der Waals surface area contributed by atoms with Gasteiger partial charge in [0.2, 0.25) is 5.60 Å². The second-order valence-corrected chi connectivity index (χ2v) is 11.7. The Morgan fingerprint density at radius 2 is 1.76 bits per heavy atom. The molecule has 7 nitrogen and oxygen atoms in total. The fraction of sp³-hybridized carbons (Fsp3) is 0.552. The normalized spacial score (nSPS) is 43.4. The summed E-state index contributed by atoms with van der Waals surface area (Å²) in [4.78, 5) is 38.3. The van der Waals surface area contributed by atoms with E-state index < -0.39 is 69.9 Å². The van der Waals surface area contributed by atoms with Gasteiger partial charge in [-0.05, 0) is 74.1 Å². The first kappa shape index (κ1) is 26.5. The molecular weight excluding hydrogens is 498 g/mol. The van der Waals surface area contributed by atoms with Gasteiger partial charge in [0.15, 0.2) is 11.5 Å². The standard InChI is InChI=1S/C29H32F2O7/c1-15-11-19-20-13-22(30)21-12-17(32)9-10-26(21,2)28(20,31)23(33)14-27(19,3)29(15,25(35)36)38-24(34)16-5-7-18(37-4)8-6-16/h5-10,12,15,19-20,22-23,33H,11,13-14H2,1-4H3,(H,35,36)/t15-,19+,20+,22+,23+,26+,27+,28+,29+/m1/s1. The molecule has 0 spiro atoms. The number of halogens is 2. The number of carbonyl (C=O) groups is 3. The number of aliphatic hydroxyl groups excluding tert-OH is 1. The number of fused-ring (bicyclic) bond motifs is 5. The SMILES string of the molecule is COc1ccc(C(=O)O[C@]2(C(=O)O)[C@H](C)C[C@H]3[C@@H]4C[C@H](F)C5=CC(=O)C=C[C@]5(C)[C@@]4(F)[C@@H](O)C[C@@]32C)cc1. The summed E-state index contributed by atoms with van der Waals surface area (Å²) in [5.41, 5.74) is -7.31. The lowest BCUT2D eigenvalue weighted by Gasteiger charge is -2.62. The molecule has 204 valence electrons. The molecule has 3 fully saturated rings. The van der Waals surface area contributed by atoms with Crippen LogP contribution < -0.4 is 4.74 Å². The van der Waals surface area contributed by atoms with E-state index in [9.17, 15) is 24.6 Å². The molecule has 0 aliphatic heterocycles. The van der Waals surface area contributed by atoms with E-state index >= 15 is 8.78 Å². The predicted octanol–water partition coefficient (Wildman–Crippen LogP) is 4.24. The van der Waals surface area contributed by atoms with Gasteiger partial charge in [-0.1, -0.05) is 19.9 Å². The molecule has 4 aliphatic carbocycles. The highest BCUT2D eigenvalue weighted by atomic mass is 19.1. The number of ketones is 1. The zero-order chi connectivity index (χ0) is 27.8. The van der Waals surface area contributed by atoms with Gasteiger partial charge in [0, 0.05) is 22.7 Å². The third-order valence-corrected chi connectivity index (χ3v) is 10.1. The molecular formula is C29H32F2O7. The summed E-state index contributed by atoms with van der Waals surface area (Å²) in [6.07, 6.45) is -0.183. The van der Waals surface area contributed by atoms with Gasteiger partial charge >= 0.3 is 11.9 Å². The van der Waals surface area contributed by atoms with Gasteiger partial charge in [0.1, 0.15) is 11.9 Å². The van der Waals surface area contributed by atoms with Gasteiger partial charge in [-0.25, -0.2) is 18.4 Å². The molecule has 0 heterocycles. The van der Waals surface area contributed by atoms with Crippen LogP contribution in [-0.2, 0) is 14.3 Å². The van der Waals surface area contributed by atoms with Crippen molar-refractivity contribution >= 4 is 17.7 Å². The minimum absolute atomic E-state index is 0.00659. The van der Waals surface area contributed by atoms with Crippen LogP contribution in [0.4, 0.5) is 8.78 Å². The molecule has 3 saturated carbocycles. The number of carboxylic acids is 1. The maximum Gasteiger partial charge on any atom is 0.349 e. The Hall–Kier alpha value is -3.07. The fourth-order valence-corrected chi connectivity index (χ4v) is 8.17. The number of hydrogen-bond acceptors (Lipinski definition) is 6. The summed E-state index contributed by atoms with van der Waals surface area (Å²) in [7, 11) is 1.47. The quantitative estimate of drug-likeness (QED) is 0.561. The molecule has 0 amide bonds. The third kappa shape index (κ3) is 3.17. The Morgan fingerprint density at radius 1 is 1.11 bits per heavy atom. The van der Waals surface area contributed by atoms with E-state index in [1.165, 1.54) is 38.3 Å². The number of allylic oxidation sites excluding steroid dienone is 4. The lowest BCUT2D eigenvalue weighted by Crippen LogP contribution is -2.71. The van der Waals surface area contributed by atoms with E-state index in [2.05, 4.69) is 0 Å². The number of hydrogen-bond donors (Lipinski definition) is 2. The first-order valence-electron chi connectivity index (χ1n) is 12.8. The summed E-state index contributed by atoms with van der Waals surface area (Å²) in [6.45, 7) is 4.72. The van der Waals surface area contributed by atoms with Crippen LogP contribution >= 0.6 is 0 Å². The van der Waals surface area contributed by atoms with Crippen molar-refractivity contribution < 1.29 is 42.9 Å². The fourth-order valence-electron chi connectivity index (χ4n) is 8.17. The van der Waals surface area contributed by atoms with E-state index in [0.717, 1.165) is 6.08 Å². The zero-order valence-electron chi connectivity index (χ0n) is 21.7. The van der Waals surface area contributed by atoms with Crippen molar-refractivity contribution in [2.24, 2.45) is 28.6 Å². The Balaban J connectivity index is 1.58. The highest BCUT2D eigenvalue weighted by molar-refractivity contribution is 6.01. The molecule has 4 aliphatic rings. The van der Waals surface area contributed by atoms with Crippen LogP contribution in [0.15, 0.2) is 48.1 Å². The number of aliphatic hydroxyl groups is 1. The molecule has 2 N–H and O–H groups in total. The van der Waals surface area contributed by atoms with Crippen molar-refractivity contribution in [2.75, 3.05) is 7.11 Å². The average Bonchev–Trinajstić information content (AvgIpc) is 3.09. The van der Waals surface area contributed by atoms with Gasteiger partial charge in [-0.2, -0.15) is 0 Å². The summed E-state index contributed by atoms with van der Waals surface area (Å²) >= 11 is 0. The van der Waals surface area contributed by atoms with Crippen LogP contribution in [0.5, 0.6) is 5.75 Å². The Labute approximate surface area is 219 Å². The molecule has 0 unspecified atom stereocenters. The van der Waals surface area contributed by atoms with E-state index in [1.807, 2.05) is 0 Å². The lowest BCUT2D eigenvalue weighted by atomic mass is 9.44. The largest absolute Gasteiger partial charge is 0.497 e. The molecule has 9 atom stereocenters. The van der Waals surface area contributed by atoms with Gasteiger partial charge in [-0.15, -0.1) is 0 Å². The topological polar surface area (TPSA) is 110 Å². The summed E-state index contributed by atoms with van der Waals surface area (Å²) in [5, 5.41) is 22.0. The first-order valence-corrected chi connectivity index (χ1v) is 12.8.